The lowest BCUT2D eigenvalue weighted by molar-refractivity contribution is -0.134. The molecule has 1 fully saturated rings. The Bertz CT molecular complexity index is 515. The molecular formula is C19H31Cl2N3O. The quantitative estimate of drug-likeness (QED) is 0.815. The lowest BCUT2D eigenvalue weighted by Gasteiger charge is -2.35. The average Bonchev–Trinajstić information content (AvgIpc) is 2.55. The summed E-state index contributed by atoms with van der Waals surface area (Å²) in [4.78, 5) is 16.6. The van der Waals surface area contributed by atoms with E-state index in [9.17, 15) is 4.79 Å². The highest BCUT2D eigenvalue weighted by atomic mass is 35.5. The molecule has 6 heteroatoms. The number of halogens is 2. The van der Waals surface area contributed by atoms with Crippen molar-refractivity contribution in [1.29, 1.82) is 0 Å². The monoisotopic (exact) mass is 387 g/mol. The largest absolute Gasteiger partial charge is 0.339 e. The molecule has 1 heterocycles. The SMILES string of the molecule is CC(C)C[C@H](N)C(=O)N1CCN(C/C=C/c2ccccc2)CC1.Cl.Cl. The topological polar surface area (TPSA) is 49.6 Å². The Morgan fingerprint density at radius 3 is 2.28 bits per heavy atom. The minimum atomic E-state index is -0.348. The van der Waals surface area contributed by atoms with E-state index in [2.05, 4.69) is 43.0 Å². The minimum Gasteiger partial charge on any atom is -0.339 e. The molecule has 0 spiro atoms. The molecule has 2 rings (SSSR count). The van der Waals surface area contributed by atoms with Crippen molar-refractivity contribution in [3.05, 3.63) is 42.0 Å². The zero-order valence-electron chi connectivity index (χ0n) is 15.1. The first-order valence-corrected chi connectivity index (χ1v) is 8.54. The van der Waals surface area contributed by atoms with Crippen LogP contribution in [-0.2, 0) is 4.79 Å². The van der Waals surface area contributed by atoms with Gasteiger partial charge >= 0.3 is 0 Å². The van der Waals surface area contributed by atoms with Gasteiger partial charge in [0.2, 0.25) is 5.91 Å². The summed E-state index contributed by atoms with van der Waals surface area (Å²) < 4.78 is 0. The lowest BCUT2D eigenvalue weighted by Crippen LogP contribution is -2.53. The molecule has 2 N–H and O–H groups in total. The van der Waals surface area contributed by atoms with Crippen LogP contribution in [0.2, 0.25) is 0 Å². The number of rotatable bonds is 6. The summed E-state index contributed by atoms with van der Waals surface area (Å²) in [6, 6.07) is 9.97. The highest BCUT2D eigenvalue weighted by Crippen LogP contribution is 2.09. The summed E-state index contributed by atoms with van der Waals surface area (Å²) in [7, 11) is 0. The van der Waals surface area contributed by atoms with Crippen LogP contribution in [0.1, 0.15) is 25.8 Å². The van der Waals surface area contributed by atoms with Gasteiger partial charge in [-0.2, -0.15) is 0 Å². The molecule has 1 atom stereocenters. The molecule has 0 aromatic heterocycles. The first-order chi connectivity index (χ1) is 11.1. The van der Waals surface area contributed by atoms with Crippen molar-refractivity contribution < 1.29 is 4.79 Å². The summed E-state index contributed by atoms with van der Waals surface area (Å²) in [5.41, 5.74) is 7.24. The Labute approximate surface area is 164 Å². The Kier molecular flexibility index (Phi) is 11.8. The van der Waals surface area contributed by atoms with E-state index >= 15 is 0 Å². The van der Waals surface area contributed by atoms with E-state index in [1.807, 2.05) is 23.1 Å². The van der Waals surface area contributed by atoms with Crippen molar-refractivity contribution in [1.82, 2.24) is 9.80 Å². The van der Waals surface area contributed by atoms with Crippen LogP contribution in [0.3, 0.4) is 0 Å². The summed E-state index contributed by atoms with van der Waals surface area (Å²) in [5.74, 6) is 0.566. The van der Waals surface area contributed by atoms with Crippen LogP contribution in [0.15, 0.2) is 36.4 Å². The molecule has 0 unspecified atom stereocenters. The molecule has 0 saturated carbocycles. The zero-order valence-corrected chi connectivity index (χ0v) is 16.8. The number of piperazine rings is 1. The van der Waals surface area contributed by atoms with Gasteiger partial charge in [-0.15, -0.1) is 24.8 Å². The minimum absolute atomic E-state index is 0. The van der Waals surface area contributed by atoms with E-state index in [0.717, 1.165) is 39.1 Å². The van der Waals surface area contributed by atoms with Crippen LogP contribution in [-0.4, -0.2) is 54.5 Å². The number of amides is 1. The number of benzene rings is 1. The number of carbonyl (C=O) groups is 1. The average molecular weight is 388 g/mol. The second-order valence-electron chi connectivity index (χ2n) is 6.67. The normalized spacial score (nSPS) is 16.4. The van der Waals surface area contributed by atoms with Crippen molar-refractivity contribution >= 4 is 36.8 Å². The fraction of sp³-hybridized carbons (Fsp3) is 0.526. The van der Waals surface area contributed by atoms with Crippen molar-refractivity contribution in [3.63, 3.8) is 0 Å². The molecule has 0 radical (unpaired) electrons. The number of nitrogens with two attached hydrogens (primary N) is 1. The van der Waals surface area contributed by atoms with Crippen LogP contribution in [0, 0.1) is 5.92 Å². The maximum absolute atomic E-state index is 12.3. The first kappa shape index (κ1) is 23.9. The second kappa shape index (κ2) is 12.3. The van der Waals surface area contributed by atoms with Gasteiger partial charge in [0, 0.05) is 32.7 Å². The van der Waals surface area contributed by atoms with Gasteiger partial charge in [0.15, 0.2) is 0 Å². The van der Waals surface area contributed by atoms with Crippen LogP contribution >= 0.6 is 24.8 Å². The van der Waals surface area contributed by atoms with Gasteiger partial charge in [-0.05, 0) is 17.9 Å². The predicted molar refractivity (Wildman–Crippen MR) is 110 cm³/mol. The summed E-state index contributed by atoms with van der Waals surface area (Å²) >= 11 is 0. The molecule has 25 heavy (non-hydrogen) atoms. The maximum atomic E-state index is 12.3. The maximum Gasteiger partial charge on any atom is 0.239 e. The van der Waals surface area contributed by atoms with E-state index < -0.39 is 0 Å². The van der Waals surface area contributed by atoms with Gasteiger partial charge in [0.25, 0.3) is 0 Å². The van der Waals surface area contributed by atoms with Gasteiger partial charge in [0.1, 0.15) is 0 Å². The zero-order chi connectivity index (χ0) is 16.7. The van der Waals surface area contributed by atoms with Crippen LogP contribution in [0.5, 0.6) is 0 Å². The third-order valence-corrected chi connectivity index (χ3v) is 4.20. The van der Waals surface area contributed by atoms with Crippen molar-refractivity contribution in [2.24, 2.45) is 11.7 Å². The summed E-state index contributed by atoms with van der Waals surface area (Å²) in [6.45, 7) is 8.52. The number of carbonyl (C=O) groups excluding carboxylic acids is 1. The van der Waals surface area contributed by atoms with Gasteiger partial charge < -0.3 is 10.6 Å². The first-order valence-electron chi connectivity index (χ1n) is 8.54. The van der Waals surface area contributed by atoms with E-state index in [1.54, 1.807) is 0 Å². The number of nitrogens with zero attached hydrogens (tertiary/aromatic N) is 2. The highest BCUT2D eigenvalue weighted by molar-refractivity contribution is 5.85. The Balaban J connectivity index is 0.00000288. The van der Waals surface area contributed by atoms with Crippen molar-refractivity contribution in [2.45, 2.75) is 26.3 Å². The predicted octanol–water partition coefficient (Wildman–Crippen LogP) is 3.06. The fourth-order valence-corrected chi connectivity index (χ4v) is 2.90. The van der Waals surface area contributed by atoms with E-state index in [1.165, 1.54) is 5.56 Å². The van der Waals surface area contributed by atoms with Gasteiger partial charge in [-0.3, -0.25) is 9.69 Å². The van der Waals surface area contributed by atoms with Gasteiger partial charge in [-0.25, -0.2) is 0 Å². The van der Waals surface area contributed by atoms with Crippen molar-refractivity contribution in [3.8, 4) is 0 Å². The van der Waals surface area contributed by atoms with Gasteiger partial charge in [0.05, 0.1) is 6.04 Å². The molecule has 1 aromatic rings. The summed E-state index contributed by atoms with van der Waals surface area (Å²) in [5, 5.41) is 0. The third kappa shape index (κ3) is 8.23. The van der Waals surface area contributed by atoms with E-state index in [0.29, 0.717) is 5.92 Å². The van der Waals surface area contributed by atoms with Gasteiger partial charge in [-0.1, -0.05) is 56.3 Å². The standard InChI is InChI=1S/C19H29N3O.2ClH/c1-16(2)15-18(20)19(23)22-13-11-21(12-14-22)10-6-9-17-7-4-3-5-8-17;;/h3-9,16,18H,10-15,20H2,1-2H3;2*1H/b9-6+;;/t18-;;/m0../s1. The Hall–Kier alpha value is -1.07. The van der Waals surface area contributed by atoms with Crippen LogP contribution in [0.4, 0.5) is 0 Å². The lowest BCUT2D eigenvalue weighted by atomic mass is 10.0. The van der Waals surface area contributed by atoms with E-state index in [4.69, 9.17) is 5.73 Å². The Morgan fingerprint density at radius 1 is 1.12 bits per heavy atom. The Morgan fingerprint density at radius 2 is 1.72 bits per heavy atom. The fourth-order valence-electron chi connectivity index (χ4n) is 2.90. The van der Waals surface area contributed by atoms with Crippen LogP contribution < -0.4 is 5.73 Å². The molecule has 1 aromatic carbocycles. The smallest absolute Gasteiger partial charge is 0.239 e. The summed E-state index contributed by atoms with van der Waals surface area (Å²) in [6.07, 6.45) is 5.10. The molecule has 0 bridgehead atoms. The molecule has 1 aliphatic heterocycles. The van der Waals surface area contributed by atoms with Crippen LogP contribution in [0.25, 0.3) is 6.08 Å². The third-order valence-electron chi connectivity index (χ3n) is 4.20. The molecular weight excluding hydrogens is 357 g/mol. The molecule has 4 nitrogen and oxygen atoms in total. The molecule has 1 aliphatic rings. The molecule has 0 aliphatic carbocycles. The molecule has 1 amide bonds. The van der Waals surface area contributed by atoms with Crippen molar-refractivity contribution in [2.75, 3.05) is 32.7 Å². The second-order valence-corrected chi connectivity index (χ2v) is 6.67. The number of hydrogen-bond acceptors (Lipinski definition) is 3. The van der Waals surface area contributed by atoms with E-state index in [-0.39, 0.29) is 36.8 Å². The number of hydrogen-bond donors (Lipinski definition) is 1. The molecule has 142 valence electrons. The molecule has 1 saturated heterocycles. The highest BCUT2D eigenvalue weighted by Gasteiger charge is 2.25.